The molecule has 0 radical (unpaired) electrons. The molecule has 0 aromatic heterocycles. The highest BCUT2D eigenvalue weighted by atomic mass is 16.5. The summed E-state index contributed by atoms with van der Waals surface area (Å²) in [6.45, 7) is 8.58. The molecule has 0 spiro atoms. The van der Waals surface area contributed by atoms with E-state index in [1.807, 2.05) is 25.1 Å². The topological polar surface area (TPSA) is 75.1 Å². The molecule has 3 N–H and O–H groups in total. The number of benzene rings is 1. The first-order valence-electron chi connectivity index (χ1n) is 9.54. The van der Waals surface area contributed by atoms with Gasteiger partial charge in [0.05, 0.1) is 18.2 Å². The van der Waals surface area contributed by atoms with Crippen LogP contribution < -0.4 is 15.4 Å². The van der Waals surface area contributed by atoms with Crippen molar-refractivity contribution in [2.45, 2.75) is 57.3 Å². The predicted molar refractivity (Wildman–Crippen MR) is 103 cm³/mol. The fraction of sp³-hybridized carbons (Fsp3) is 0.650. The molecule has 1 aromatic rings. The molecule has 1 fully saturated rings. The highest BCUT2D eigenvalue weighted by Crippen LogP contribution is 2.39. The van der Waals surface area contributed by atoms with Gasteiger partial charge in [0.2, 0.25) is 0 Å². The Morgan fingerprint density at radius 1 is 1.27 bits per heavy atom. The van der Waals surface area contributed by atoms with Crippen molar-refractivity contribution in [1.82, 2.24) is 10.6 Å². The number of aliphatic hydroxyl groups is 1. The standard InChI is InChI=1S/C20H31N3O3/c1-4-21-18(22-14-20(24)9-11-25-12-10-20)23-16-13-19(2,3)26-17-8-6-5-7-15(16)17/h5-8,16,24H,4,9-14H2,1-3H3,(H2,21,22,23). The Bertz CT molecular complexity index is 639. The lowest BCUT2D eigenvalue weighted by Crippen LogP contribution is -2.46. The van der Waals surface area contributed by atoms with Gasteiger partial charge in [-0.1, -0.05) is 18.2 Å². The summed E-state index contributed by atoms with van der Waals surface area (Å²) in [6, 6.07) is 8.25. The summed E-state index contributed by atoms with van der Waals surface area (Å²) in [4.78, 5) is 4.67. The van der Waals surface area contributed by atoms with E-state index in [1.165, 1.54) is 0 Å². The molecule has 26 heavy (non-hydrogen) atoms. The molecule has 1 unspecified atom stereocenters. The number of ether oxygens (including phenoxy) is 2. The van der Waals surface area contributed by atoms with Crippen molar-refractivity contribution in [3.8, 4) is 5.75 Å². The lowest BCUT2D eigenvalue weighted by Gasteiger charge is -2.38. The minimum Gasteiger partial charge on any atom is -0.487 e. The number of rotatable bonds is 4. The second kappa shape index (κ2) is 7.84. The van der Waals surface area contributed by atoms with Crippen molar-refractivity contribution in [1.29, 1.82) is 0 Å². The Labute approximate surface area is 156 Å². The van der Waals surface area contributed by atoms with Gasteiger partial charge in [-0.15, -0.1) is 0 Å². The molecule has 3 rings (SSSR count). The maximum atomic E-state index is 10.7. The van der Waals surface area contributed by atoms with Gasteiger partial charge in [-0.2, -0.15) is 0 Å². The van der Waals surface area contributed by atoms with Gasteiger partial charge in [0.25, 0.3) is 0 Å². The number of fused-ring (bicyclic) bond motifs is 1. The van der Waals surface area contributed by atoms with Gasteiger partial charge >= 0.3 is 0 Å². The van der Waals surface area contributed by atoms with Gasteiger partial charge in [0, 0.05) is 44.6 Å². The molecule has 1 aromatic carbocycles. The summed E-state index contributed by atoms with van der Waals surface area (Å²) in [5.41, 5.74) is 0.123. The van der Waals surface area contributed by atoms with Crippen LogP contribution in [-0.4, -0.2) is 48.6 Å². The van der Waals surface area contributed by atoms with Crippen molar-refractivity contribution < 1.29 is 14.6 Å². The average Bonchev–Trinajstić information content (AvgIpc) is 2.60. The molecule has 1 atom stereocenters. The second-order valence-electron chi connectivity index (χ2n) is 7.83. The zero-order chi connectivity index (χ0) is 18.6. The maximum Gasteiger partial charge on any atom is 0.191 e. The van der Waals surface area contributed by atoms with E-state index in [0.29, 0.717) is 32.6 Å². The van der Waals surface area contributed by atoms with Crippen LogP contribution in [0.15, 0.2) is 29.3 Å². The quantitative estimate of drug-likeness (QED) is 0.567. The summed E-state index contributed by atoms with van der Waals surface area (Å²) in [5, 5.41) is 17.5. The molecule has 0 aliphatic carbocycles. The maximum absolute atomic E-state index is 10.7. The van der Waals surface area contributed by atoms with Crippen molar-refractivity contribution >= 4 is 5.96 Å². The van der Waals surface area contributed by atoms with E-state index in [9.17, 15) is 5.11 Å². The summed E-state index contributed by atoms with van der Waals surface area (Å²) in [6.07, 6.45) is 2.10. The zero-order valence-electron chi connectivity index (χ0n) is 16.0. The third-order valence-corrected chi connectivity index (χ3v) is 4.99. The van der Waals surface area contributed by atoms with E-state index in [4.69, 9.17) is 9.47 Å². The number of hydrogen-bond acceptors (Lipinski definition) is 4. The van der Waals surface area contributed by atoms with Gasteiger partial charge in [0.15, 0.2) is 5.96 Å². The van der Waals surface area contributed by atoms with Crippen molar-refractivity contribution in [3.05, 3.63) is 29.8 Å². The Kier molecular flexibility index (Phi) is 5.73. The number of guanidine groups is 1. The van der Waals surface area contributed by atoms with Crippen LogP contribution in [0.4, 0.5) is 0 Å². The van der Waals surface area contributed by atoms with Crippen LogP contribution in [0, 0.1) is 0 Å². The second-order valence-corrected chi connectivity index (χ2v) is 7.83. The number of nitrogens with one attached hydrogen (secondary N) is 2. The summed E-state index contributed by atoms with van der Waals surface area (Å²) in [7, 11) is 0. The van der Waals surface area contributed by atoms with Gasteiger partial charge in [-0.05, 0) is 26.8 Å². The molecule has 6 nitrogen and oxygen atoms in total. The first-order chi connectivity index (χ1) is 12.4. The van der Waals surface area contributed by atoms with E-state index in [0.717, 1.165) is 30.2 Å². The first-order valence-corrected chi connectivity index (χ1v) is 9.54. The number of hydrogen-bond donors (Lipinski definition) is 3. The molecule has 2 heterocycles. The highest BCUT2D eigenvalue weighted by Gasteiger charge is 2.34. The van der Waals surface area contributed by atoms with Gasteiger partial charge in [-0.25, -0.2) is 0 Å². The van der Waals surface area contributed by atoms with Crippen LogP contribution in [0.2, 0.25) is 0 Å². The molecule has 0 bridgehead atoms. The third-order valence-electron chi connectivity index (χ3n) is 4.99. The van der Waals surface area contributed by atoms with Crippen LogP contribution in [-0.2, 0) is 4.74 Å². The summed E-state index contributed by atoms with van der Waals surface area (Å²) >= 11 is 0. The van der Waals surface area contributed by atoms with E-state index < -0.39 is 5.60 Å². The molecular weight excluding hydrogens is 330 g/mol. The first kappa shape index (κ1) is 19.0. The average molecular weight is 361 g/mol. The lowest BCUT2D eigenvalue weighted by atomic mass is 9.90. The van der Waals surface area contributed by atoms with E-state index in [-0.39, 0.29) is 11.6 Å². The fourth-order valence-electron chi connectivity index (χ4n) is 3.55. The smallest absolute Gasteiger partial charge is 0.191 e. The van der Waals surface area contributed by atoms with E-state index >= 15 is 0 Å². The molecule has 144 valence electrons. The zero-order valence-corrected chi connectivity index (χ0v) is 16.0. The van der Waals surface area contributed by atoms with E-state index in [1.54, 1.807) is 0 Å². The molecule has 0 amide bonds. The van der Waals surface area contributed by atoms with Crippen molar-refractivity contribution in [2.24, 2.45) is 4.99 Å². The van der Waals surface area contributed by atoms with Crippen LogP contribution >= 0.6 is 0 Å². The van der Waals surface area contributed by atoms with Crippen LogP contribution in [0.25, 0.3) is 0 Å². The minimum atomic E-state index is -0.770. The molecule has 6 heteroatoms. The Morgan fingerprint density at radius 2 is 2.00 bits per heavy atom. The molecular formula is C20H31N3O3. The monoisotopic (exact) mass is 361 g/mol. The molecule has 0 saturated carbocycles. The van der Waals surface area contributed by atoms with Gasteiger partial charge in [0.1, 0.15) is 11.4 Å². The van der Waals surface area contributed by atoms with Gasteiger partial charge in [-0.3, -0.25) is 4.99 Å². The van der Waals surface area contributed by atoms with Crippen LogP contribution in [0.1, 0.15) is 51.6 Å². The van der Waals surface area contributed by atoms with Gasteiger partial charge < -0.3 is 25.2 Å². The normalized spacial score (nSPS) is 24.3. The Balaban J connectivity index is 1.76. The van der Waals surface area contributed by atoms with Crippen LogP contribution in [0.3, 0.4) is 0 Å². The third kappa shape index (κ3) is 4.68. The highest BCUT2D eigenvalue weighted by molar-refractivity contribution is 5.80. The summed E-state index contributed by atoms with van der Waals surface area (Å²) < 4.78 is 11.5. The molecule has 1 saturated heterocycles. The Hall–Kier alpha value is -1.79. The van der Waals surface area contributed by atoms with Crippen molar-refractivity contribution in [2.75, 3.05) is 26.3 Å². The number of aliphatic imine (C=N–C) groups is 1. The SMILES string of the molecule is CCNC(=NCC1(O)CCOCC1)NC1CC(C)(C)Oc2ccccc21. The summed E-state index contributed by atoms with van der Waals surface area (Å²) in [5.74, 6) is 1.64. The Morgan fingerprint density at radius 3 is 2.73 bits per heavy atom. The predicted octanol–water partition coefficient (Wildman–Crippen LogP) is 2.39. The molecule has 2 aliphatic heterocycles. The lowest BCUT2D eigenvalue weighted by molar-refractivity contribution is -0.0566. The fourth-order valence-corrected chi connectivity index (χ4v) is 3.55. The number of nitrogens with zero attached hydrogens (tertiary/aromatic N) is 1. The molecule has 2 aliphatic rings. The van der Waals surface area contributed by atoms with Crippen molar-refractivity contribution in [3.63, 3.8) is 0 Å². The minimum absolute atomic E-state index is 0.108. The van der Waals surface area contributed by atoms with Crippen LogP contribution in [0.5, 0.6) is 5.75 Å². The number of para-hydroxylation sites is 1. The largest absolute Gasteiger partial charge is 0.487 e. The van der Waals surface area contributed by atoms with E-state index in [2.05, 4.69) is 35.5 Å².